The minimum Gasteiger partial charge on any atom is -0.469 e. The van der Waals surface area contributed by atoms with E-state index in [0.717, 1.165) is 12.8 Å². The maximum Gasteiger partial charge on any atom is 0.309 e. The van der Waals surface area contributed by atoms with Crippen LogP contribution in [-0.4, -0.2) is 24.3 Å². The van der Waals surface area contributed by atoms with Crippen molar-refractivity contribution in [2.75, 3.05) is 7.11 Å². The van der Waals surface area contributed by atoms with Crippen molar-refractivity contribution in [3.8, 4) is 0 Å². The van der Waals surface area contributed by atoms with Gasteiger partial charge in [0.05, 0.1) is 19.1 Å². The first-order valence-corrected chi connectivity index (χ1v) is 5.17. The van der Waals surface area contributed by atoms with Gasteiger partial charge in [0.2, 0.25) is 0 Å². The highest BCUT2D eigenvalue weighted by molar-refractivity contribution is 5.77. The zero-order chi connectivity index (χ0) is 9.92. The Kier molecular flexibility index (Phi) is 1.45. The second-order valence-electron chi connectivity index (χ2n) is 4.63. The van der Waals surface area contributed by atoms with Gasteiger partial charge in [-0.2, -0.15) is 0 Å². The Morgan fingerprint density at radius 1 is 1.57 bits per heavy atom. The Morgan fingerprint density at radius 3 is 2.93 bits per heavy atom. The summed E-state index contributed by atoms with van der Waals surface area (Å²) in [6.07, 6.45) is 5.70. The van der Waals surface area contributed by atoms with E-state index in [4.69, 9.17) is 4.74 Å². The molecular weight excluding hydrogens is 180 g/mol. The summed E-state index contributed by atoms with van der Waals surface area (Å²) in [6.45, 7) is 0. The Morgan fingerprint density at radius 2 is 2.36 bits per heavy atom. The molecule has 0 amide bonds. The Balaban J connectivity index is 1.90. The smallest absolute Gasteiger partial charge is 0.309 e. The van der Waals surface area contributed by atoms with Crippen LogP contribution >= 0.6 is 0 Å². The van der Waals surface area contributed by atoms with Gasteiger partial charge in [0.1, 0.15) is 0 Å². The van der Waals surface area contributed by atoms with Crippen LogP contribution in [0.15, 0.2) is 12.2 Å². The zero-order valence-corrected chi connectivity index (χ0v) is 8.14. The van der Waals surface area contributed by atoms with Crippen molar-refractivity contribution >= 4 is 5.97 Å². The predicted octanol–water partition coefficient (Wildman–Crippen LogP) is 0.732. The first kappa shape index (κ1) is 8.48. The van der Waals surface area contributed by atoms with E-state index >= 15 is 0 Å². The number of aliphatic hydroxyl groups is 1. The molecule has 2 fully saturated rings. The van der Waals surface area contributed by atoms with Gasteiger partial charge in [0.15, 0.2) is 0 Å². The summed E-state index contributed by atoms with van der Waals surface area (Å²) in [5.41, 5.74) is -0.0428. The molecule has 1 spiro atoms. The van der Waals surface area contributed by atoms with Gasteiger partial charge in [0, 0.05) is 11.3 Å². The molecule has 5 atom stereocenters. The van der Waals surface area contributed by atoms with E-state index in [1.54, 1.807) is 0 Å². The number of ether oxygens (including phenoxy) is 1. The molecule has 0 bridgehead atoms. The monoisotopic (exact) mass is 194 g/mol. The van der Waals surface area contributed by atoms with Gasteiger partial charge in [0.25, 0.3) is 0 Å². The first-order valence-electron chi connectivity index (χ1n) is 5.17. The number of carbonyl (C=O) groups is 1. The summed E-state index contributed by atoms with van der Waals surface area (Å²) in [6, 6.07) is 0. The third kappa shape index (κ3) is 0.650. The number of esters is 1. The van der Waals surface area contributed by atoms with E-state index < -0.39 is 0 Å². The first-order chi connectivity index (χ1) is 6.71. The standard InChI is InChI=1S/C11H14O3/c1-14-10(13)9-6-2-3-8(12)11(6)5-4-7(9)11/h4-9,12H,2-3H2,1H3/t6-,7-,8+,9-,11?/m0/s1. The summed E-state index contributed by atoms with van der Waals surface area (Å²) in [4.78, 5) is 11.5. The number of aliphatic hydroxyl groups excluding tert-OH is 1. The predicted molar refractivity (Wildman–Crippen MR) is 49.3 cm³/mol. The van der Waals surface area contributed by atoms with E-state index in [1.807, 2.05) is 6.08 Å². The fourth-order valence-electron chi connectivity index (χ4n) is 3.72. The fourth-order valence-corrected chi connectivity index (χ4v) is 3.72. The normalized spacial score (nSPS) is 52.7. The second-order valence-corrected chi connectivity index (χ2v) is 4.63. The molecule has 0 aliphatic heterocycles. The Bertz CT molecular complexity index is 322. The average molecular weight is 194 g/mol. The van der Waals surface area contributed by atoms with Crippen molar-refractivity contribution in [3.05, 3.63) is 12.2 Å². The fraction of sp³-hybridized carbons (Fsp3) is 0.727. The van der Waals surface area contributed by atoms with Gasteiger partial charge in [-0.25, -0.2) is 0 Å². The van der Waals surface area contributed by atoms with Crippen LogP contribution in [0.25, 0.3) is 0 Å². The van der Waals surface area contributed by atoms with Gasteiger partial charge in [-0.1, -0.05) is 12.2 Å². The molecule has 3 aliphatic rings. The molecule has 2 saturated carbocycles. The minimum atomic E-state index is -0.233. The number of hydrogen-bond acceptors (Lipinski definition) is 3. The summed E-state index contributed by atoms with van der Waals surface area (Å²) < 4.78 is 4.79. The van der Waals surface area contributed by atoms with E-state index in [-0.39, 0.29) is 29.3 Å². The summed E-state index contributed by atoms with van der Waals surface area (Å²) in [5, 5.41) is 9.87. The average Bonchev–Trinajstić information content (AvgIpc) is 2.48. The van der Waals surface area contributed by atoms with Crippen LogP contribution in [0.3, 0.4) is 0 Å². The van der Waals surface area contributed by atoms with Crippen LogP contribution in [-0.2, 0) is 9.53 Å². The summed E-state index contributed by atoms with van der Waals surface area (Å²) in [5.74, 6) is 0.494. The molecule has 0 aromatic heterocycles. The minimum absolute atomic E-state index is 0.0159. The van der Waals surface area contributed by atoms with Crippen LogP contribution in [0.4, 0.5) is 0 Å². The number of methoxy groups -OCH3 is 1. The zero-order valence-electron chi connectivity index (χ0n) is 8.14. The quantitative estimate of drug-likeness (QED) is 0.494. The third-order valence-electron chi connectivity index (χ3n) is 4.43. The molecule has 1 N–H and O–H groups in total. The van der Waals surface area contributed by atoms with Crippen molar-refractivity contribution in [3.63, 3.8) is 0 Å². The largest absolute Gasteiger partial charge is 0.469 e. The highest BCUT2D eigenvalue weighted by atomic mass is 16.5. The van der Waals surface area contributed by atoms with Gasteiger partial charge < -0.3 is 9.84 Å². The highest BCUT2D eigenvalue weighted by Gasteiger charge is 2.71. The van der Waals surface area contributed by atoms with Crippen LogP contribution < -0.4 is 0 Å². The lowest BCUT2D eigenvalue weighted by Crippen LogP contribution is -2.63. The molecule has 0 aromatic carbocycles. The topological polar surface area (TPSA) is 46.5 Å². The van der Waals surface area contributed by atoms with Gasteiger partial charge in [-0.05, 0) is 18.8 Å². The molecule has 3 rings (SSSR count). The number of rotatable bonds is 1. The molecule has 3 heteroatoms. The van der Waals surface area contributed by atoms with E-state index in [1.165, 1.54) is 7.11 Å². The van der Waals surface area contributed by atoms with Crippen molar-refractivity contribution in [2.45, 2.75) is 18.9 Å². The molecule has 0 heterocycles. The number of allylic oxidation sites excluding steroid dienone is 1. The number of carbonyl (C=O) groups excluding carboxylic acids is 1. The van der Waals surface area contributed by atoms with E-state index in [0.29, 0.717) is 5.92 Å². The lowest BCUT2D eigenvalue weighted by molar-refractivity contribution is -0.176. The van der Waals surface area contributed by atoms with Crippen molar-refractivity contribution in [1.82, 2.24) is 0 Å². The Labute approximate surface area is 82.8 Å². The highest BCUT2D eigenvalue weighted by Crippen LogP contribution is 2.70. The third-order valence-corrected chi connectivity index (χ3v) is 4.43. The molecule has 1 unspecified atom stereocenters. The number of hydrogen-bond donors (Lipinski definition) is 1. The SMILES string of the molecule is COC(=O)[C@@H]1[C@@H]2C=CC23[C@H](O)CC[C@@H]13. The van der Waals surface area contributed by atoms with Gasteiger partial charge >= 0.3 is 5.97 Å². The molecule has 0 saturated heterocycles. The molecule has 0 radical (unpaired) electrons. The van der Waals surface area contributed by atoms with Gasteiger partial charge in [-0.15, -0.1) is 0 Å². The maximum absolute atomic E-state index is 11.5. The van der Waals surface area contributed by atoms with Crippen LogP contribution in [0.5, 0.6) is 0 Å². The second kappa shape index (κ2) is 2.40. The summed E-state index contributed by atoms with van der Waals surface area (Å²) >= 11 is 0. The van der Waals surface area contributed by atoms with E-state index in [9.17, 15) is 9.90 Å². The molecule has 3 nitrogen and oxygen atoms in total. The maximum atomic E-state index is 11.5. The molecule has 3 aliphatic carbocycles. The molecule has 76 valence electrons. The van der Waals surface area contributed by atoms with Crippen LogP contribution in [0.2, 0.25) is 0 Å². The van der Waals surface area contributed by atoms with Crippen molar-refractivity contribution < 1.29 is 14.6 Å². The Hall–Kier alpha value is -0.830. The molecule has 0 aromatic rings. The molecular formula is C11H14O3. The lowest BCUT2D eigenvalue weighted by Gasteiger charge is -2.61. The molecule has 14 heavy (non-hydrogen) atoms. The lowest BCUT2D eigenvalue weighted by atomic mass is 9.42. The van der Waals surface area contributed by atoms with Crippen LogP contribution in [0.1, 0.15) is 12.8 Å². The summed E-state index contributed by atoms with van der Waals surface area (Å²) in [7, 11) is 1.44. The van der Waals surface area contributed by atoms with Crippen LogP contribution in [0, 0.1) is 23.2 Å². The van der Waals surface area contributed by atoms with Gasteiger partial charge in [-0.3, -0.25) is 4.79 Å². The van der Waals surface area contributed by atoms with E-state index in [2.05, 4.69) is 6.08 Å². The van der Waals surface area contributed by atoms with Crippen molar-refractivity contribution in [2.24, 2.45) is 23.2 Å². The van der Waals surface area contributed by atoms with Crippen molar-refractivity contribution in [1.29, 1.82) is 0 Å².